The summed E-state index contributed by atoms with van der Waals surface area (Å²) in [5.41, 5.74) is 0.566. The van der Waals surface area contributed by atoms with Crippen molar-refractivity contribution in [2.45, 2.75) is 20.4 Å². The van der Waals surface area contributed by atoms with E-state index in [2.05, 4.69) is 28.4 Å². The molecule has 1 aromatic heterocycles. The third-order valence-corrected chi connectivity index (χ3v) is 4.55. The Morgan fingerprint density at radius 2 is 1.97 bits per heavy atom. The highest BCUT2D eigenvalue weighted by atomic mass is 19.1. The van der Waals surface area contributed by atoms with E-state index < -0.39 is 23.4 Å². The van der Waals surface area contributed by atoms with Gasteiger partial charge in [-0.15, -0.1) is 6.42 Å². The molecule has 0 bridgehead atoms. The lowest BCUT2D eigenvalue weighted by Crippen LogP contribution is -2.32. The van der Waals surface area contributed by atoms with E-state index in [9.17, 15) is 18.8 Å². The fourth-order valence-corrected chi connectivity index (χ4v) is 3.13. The zero-order valence-electron chi connectivity index (χ0n) is 17.4. The summed E-state index contributed by atoms with van der Waals surface area (Å²) in [5, 5.41) is 22.5. The number of aliphatic hydroxyl groups is 1. The number of anilines is 1. The second-order valence-electron chi connectivity index (χ2n) is 6.51. The standard InChI is InChI=1S/C23H19FN4O4/c1-4-10-28-15(3)19(21(30)23(32)26-9-5-6-11-29)14(2)20(28)22(31)27-17-7-8-18(24)16(12-17)13-25/h1,7-8,12,29H,9-11H2,2-3H3,(H,26,32)(H,27,31). The Morgan fingerprint density at radius 1 is 1.25 bits per heavy atom. The molecule has 0 saturated carbocycles. The number of aliphatic hydroxyl groups excluding tert-OH is 1. The van der Waals surface area contributed by atoms with Gasteiger partial charge in [0.1, 0.15) is 24.2 Å². The van der Waals surface area contributed by atoms with Crippen molar-refractivity contribution in [1.82, 2.24) is 9.88 Å². The zero-order chi connectivity index (χ0) is 23.8. The van der Waals surface area contributed by atoms with Crippen LogP contribution in [0.15, 0.2) is 18.2 Å². The predicted molar refractivity (Wildman–Crippen MR) is 114 cm³/mol. The van der Waals surface area contributed by atoms with E-state index in [4.69, 9.17) is 16.8 Å². The van der Waals surface area contributed by atoms with Crippen molar-refractivity contribution in [3.63, 3.8) is 0 Å². The number of amides is 2. The molecular weight excluding hydrogens is 415 g/mol. The van der Waals surface area contributed by atoms with Crippen LogP contribution in [-0.2, 0) is 11.3 Å². The van der Waals surface area contributed by atoms with E-state index in [-0.39, 0.29) is 47.8 Å². The first-order valence-electron chi connectivity index (χ1n) is 9.30. The Morgan fingerprint density at radius 3 is 2.59 bits per heavy atom. The first-order chi connectivity index (χ1) is 15.3. The minimum Gasteiger partial charge on any atom is -0.384 e. The molecule has 0 aliphatic heterocycles. The Bertz CT molecular complexity index is 1240. The van der Waals surface area contributed by atoms with Crippen LogP contribution >= 0.6 is 0 Å². The van der Waals surface area contributed by atoms with Crippen molar-refractivity contribution in [3.05, 3.63) is 52.1 Å². The van der Waals surface area contributed by atoms with Crippen LogP contribution in [0.1, 0.15) is 37.7 Å². The van der Waals surface area contributed by atoms with E-state index in [1.54, 1.807) is 13.0 Å². The van der Waals surface area contributed by atoms with Crippen LogP contribution in [0.2, 0.25) is 0 Å². The number of aromatic nitrogens is 1. The maximum Gasteiger partial charge on any atom is 0.293 e. The SMILES string of the molecule is C#CCn1c(C)c(C(=O)C(=O)NCC#CCO)c(C)c1C(=O)Nc1ccc(F)c(C#N)c1. The fraction of sp³-hybridized carbons (Fsp3) is 0.217. The van der Waals surface area contributed by atoms with Crippen LogP contribution in [0, 0.1) is 55.2 Å². The number of nitrogens with zero attached hydrogens (tertiary/aromatic N) is 2. The molecule has 0 spiro atoms. The number of benzene rings is 1. The van der Waals surface area contributed by atoms with E-state index in [0.717, 1.165) is 6.07 Å². The van der Waals surface area contributed by atoms with Gasteiger partial charge >= 0.3 is 0 Å². The molecule has 1 aromatic carbocycles. The summed E-state index contributed by atoms with van der Waals surface area (Å²) >= 11 is 0. The number of nitriles is 1. The van der Waals surface area contributed by atoms with Crippen LogP contribution < -0.4 is 10.6 Å². The molecule has 0 radical (unpaired) electrons. The summed E-state index contributed by atoms with van der Waals surface area (Å²) < 4.78 is 15.0. The van der Waals surface area contributed by atoms with E-state index in [1.165, 1.54) is 23.6 Å². The van der Waals surface area contributed by atoms with Crippen LogP contribution in [0.25, 0.3) is 0 Å². The minimum absolute atomic E-state index is 0.0230. The van der Waals surface area contributed by atoms with Gasteiger partial charge in [-0.05, 0) is 37.6 Å². The van der Waals surface area contributed by atoms with Gasteiger partial charge in [0.2, 0.25) is 0 Å². The van der Waals surface area contributed by atoms with Gasteiger partial charge in [0.05, 0.1) is 24.2 Å². The average Bonchev–Trinajstić information content (AvgIpc) is 3.01. The van der Waals surface area contributed by atoms with Crippen molar-refractivity contribution < 1.29 is 23.9 Å². The quantitative estimate of drug-likeness (QED) is 0.359. The second-order valence-corrected chi connectivity index (χ2v) is 6.51. The predicted octanol–water partition coefficient (Wildman–Crippen LogP) is 1.30. The molecule has 32 heavy (non-hydrogen) atoms. The summed E-state index contributed by atoms with van der Waals surface area (Å²) in [6.45, 7) is 2.51. The molecule has 8 nitrogen and oxygen atoms in total. The monoisotopic (exact) mass is 434 g/mol. The van der Waals surface area contributed by atoms with Gasteiger partial charge in [0, 0.05) is 11.4 Å². The lowest BCUT2D eigenvalue weighted by Gasteiger charge is -2.10. The number of carbonyl (C=O) groups excluding carboxylic acids is 3. The Balaban J connectivity index is 2.42. The van der Waals surface area contributed by atoms with Gasteiger partial charge in [-0.3, -0.25) is 14.4 Å². The molecule has 3 N–H and O–H groups in total. The lowest BCUT2D eigenvalue weighted by molar-refractivity contribution is -0.116. The molecule has 9 heteroatoms. The number of ketones is 1. The van der Waals surface area contributed by atoms with Crippen molar-refractivity contribution in [2.75, 3.05) is 18.5 Å². The van der Waals surface area contributed by atoms with Gasteiger partial charge in [-0.2, -0.15) is 5.26 Å². The van der Waals surface area contributed by atoms with Crippen molar-refractivity contribution in [1.29, 1.82) is 5.26 Å². The molecule has 162 valence electrons. The smallest absolute Gasteiger partial charge is 0.293 e. The Labute approximate surface area is 184 Å². The number of hydrogen-bond acceptors (Lipinski definition) is 5. The minimum atomic E-state index is -0.926. The molecule has 2 aromatic rings. The summed E-state index contributed by atoms with van der Waals surface area (Å²) in [4.78, 5) is 38.0. The normalized spacial score (nSPS) is 9.69. The summed E-state index contributed by atoms with van der Waals surface area (Å²) in [7, 11) is 0. The van der Waals surface area contributed by atoms with Crippen molar-refractivity contribution in [3.8, 4) is 30.3 Å². The number of rotatable bonds is 6. The Hall–Kier alpha value is -4.39. The van der Waals surface area contributed by atoms with Gasteiger partial charge in [-0.25, -0.2) is 4.39 Å². The van der Waals surface area contributed by atoms with Gasteiger partial charge in [0.15, 0.2) is 0 Å². The molecule has 0 saturated heterocycles. The van der Waals surface area contributed by atoms with Gasteiger partial charge in [-0.1, -0.05) is 17.8 Å². The number of Topliss-reactive ketones (excluding diaryl/α,β-unsaturated/α-hetero) is 1. The number of halogens is 1. The van der Waals surface area contributed by atoms with Gasteiger partial charge < -0.3 is 20.3 Å². The number of hydrogen-bond donors (Lipinski definition) is 3. The number of terminal acetylenes is 1. The van der Waals surface area contributed by atoms with E-state index in [1.807, 2.05) is 0 Å². The van der Waals surface area contributed by atoms with Gasteiger partial charge in [0.25, 0.3) is 17.6 Å². The largest absolute Gasteiger partial charge is 0.384 e. The third-order valence-electron chi connectivity index (χ3n) is 4.55. The number of carbonyl (C=O) groups is 3. The number of nitrogens with one attached hydrogen (secondary N) is 2. The third kappa shape index (κ3) is 5.02. The summed E-state index contributed by atoms with van der Waals surface area (Å²) in [6, 6.07) is 5.20. The molecule has 0 atom stereocenters. The van der Waals surface area contributed by atoms with Crippen LogP contribution in [0.4, 0.5) is 10.1 Å². The lowest BCUT2D eigenvalue weighted by atomic mass is 10.0. The summed E-state index contributed by atoms with van der Waals surface area (Å²) in [6.07, 6.45) is 5.41. The first-order valence-corrected chi connectivity index (χ1v) is 9.30. The zero-order valence-corrected chi connectivity index (χ0v) is 17.4. The van der Waals surface area contributed by atoms with E-state index >= 15 is 0 Å². The van der Waals surface area contributed by atoms with Crippen LogP contribution in [0.3, 0.4) is 0 Å². The molecule has 0 aliphatic rings. The maximum atomic E-state index is 13.6. The maximum absolute atomic E-state index is 13.6. The van der Waals surface area contributed by atoms with Crippen molar-refractivity contribution >= 4 is 23.3 Å². The first kappa shape index (κ1) is 23.9. The van der Waals surface area contributed by atoms with Crippen LogP contribution in [-0.4, -0.2) is 40.4 Å². The molecule has 2 rings (SSSR count). The highest BCUT2D eigenvalue weighted by Crippen LogP contribution is 2.24. The summed E-state index contributed by atoms with van der Waals surface area (Å²) in [5.74, 6) is 4.04. The molecule has 0 fully saturated rings. The molecule has 2 amide bonds. The van der Waals surface area contributed by atoms with E-state index in [0.29, 0.717) is 5.69 Å². The topological polar surface area (TPSA) is 124 Å². The molecule has 0 unspecified atom stereocenters. The highest BCUT2D eigenvalue weighted by molar-refractivity contribution is 6.43. The Kier molecular flexibility index (Phi) is 7.90. The van der Waals surface area contributed by atoms with Crippen LogP contribution in [0.5, 0.6) is 0 Å². The molecular formula is C23H19FN4O4. The fourth-order valence-electron chi connectivity index (χ4n) is 3.13. The average molecular weight is 434 g/mol. The molecule has 0 aliphatic carbocycles. The second kappa shape index (κ2) is 10.6. The highest BCUT2D eigenvalue weighted by Gasteiger charge is 2.29. The molecule has 1 heterocycles. The van der Waals surface area contributed by atoms with Crippen molar-refractivity contribution in [2.24, 2.45) is 0 Å².